The monoisotopic (exact) mass is 983 g/mol. The first kappa shape index (κ1) is 40.9. The molecule has 0 radical (unpaired) electrons. The standard InChI is InChI=1S/C65H37N5S3/c1-2-11-38(12-3-1)50-36-51(68-65(67-50)39-21-24-43(25-22-39)69-52-18-7-4-15-45(52)61-54(69)29-31-57-63(61)47-17-6-9-20-56(47)72-57)42-14-10-13-40(33-42)41-23-27-48-59(34-41)73-58-32-30-55-62(64(48)58)46-16-5-8-19-53(46)70(55)44-26-28-49-60(35-44)71-37-66-49/h1-37H. The van der Waals surface area contributed by atoms with Crippen LogP contribution >= 0.6 is 34.0 Å². The predicted molar refractivity (Wildman–Crippen MR) is 311 cm³/mol. The van der Waals surface area contributed by atoms with E-state index in [9.17, 15) is 0 Å². The molecule has 10 aromatic carbocycles. The normalized spacial score (nSPS) is 12.1. The Kier molecular flexibility index (Phi) is 8.88. The Labute approximate surface area is 429 Å². The van der Waals surface area contributed by atoms with Gasteiger partial charge in [0.05, 0.1) is 49.2 Å². The van der Waals surface area contributed by atoms with Crippen molar-refractivity contribution in [2.24, 2.45) is 0 Å². The lowest BCUT2D eigenvalue weighted by atomic mass is 9.99. The van der Waals surface area contributed by atoms with Crippen LogP contribution in [0.3, 0.4) is 0 Å². The zero-order chi connectivity index (χ0) is 47.7. The molecule has 6 aromatic heterocycles. The van der Waals surface area contributed by atoms with E-state index in [4.69, 9.17) is 9.97 Å². The van der Waals surface area contributed by atoms with E-state index in [2.05, 4.69) is 226 Å². The summed E-state index contributed by atoms with van der Waals surface area (Å²) in [7, 11) is 0. The summed E-state index contributed by atoms with van der Waals surface area (Å²) >= 11 is 5.42. The minimum atomic E-state index is 0.686. The molecule has 0 aliphatic carbocycles. The number of hydrogen-bond donors (Lipinski definition) is 0. The Hall–Kier alpha value is -8.79. The zero-order valence-electron chi connectivity index (χ0n) is 38.8. The Morgan fingerprint density at radius 3 is 1.64 bits per heavy atom. The fourth-order valence-corrected chi connectivity index (χ4v) is 14.4. The fourth-order valence-electron chi connectivity index (χ4n) is 11.4. The number of aromatic nitrogens is 5. The van der Waals surface area contributed by atoms with E-state index in [1.165, 1.54) is 94.2 Å². The van der Waals surface area contributed by atoms with Gasteiger partial charge in [-0.25, -0.2) is 15.0 Å². The maximum Gasteiger partial charge on any atom is 0.160 e. The van der Waals surface area contributed by atoms with Gasteiger partial charge in [-0.2, -0.15) is 0 Å². The van der Waals surface area contributed by atoms with Gasteiger partial charge in [0.2, 0.25) is 0 Å². The summed E-state index contributed by atoms with van der Waals surface area (Å²) in [6.45, 7) is 0. The van der Waals surface area contributed by atoms with Crippen LogP contribution in [-0.2, 0) is 0 Å². The summed E-state index contributed by atoms with van der Waals surface area (Å²) in [6, 6.07) is 79.3. The highest BCUT2D eigenvalue weighted by atomic mass is 32.1. The minimum absolute atomic E-state index is 0.686. The molecule has 0 atom stereocenters. The highest BCUT2D eigenvalue weighted by Crippen LogP contribution is 2.46. The molecule has 0 N–H and O–H groups in total. The summed E-state index contributed by atoms with van der Waals surface area (Å²) in [4.78, 5) is 15.1. The van der Waals surface area contributed by atoms with E-state index in [1.54, 1.807) is 11.3 Å². The van der Waals surface area contributed by atoms with Crippen molar-refractivity contribution in [3.8, 4) is 56.4 Å². The van der Waals surface area contributed by atoms with Gasteiger partial charge in [0.1, 0.15) is 0 Å². The maximum absolute atomic E-state index is 5.33. The largest absolute Gasteiger partial charge is 0.309 e. The number of thiazole rings is 1. The molecule has 0 saturated heterocycles. The smallest absolute Gasteiger partial charge is 0.160 e. The SMILES string of the molecule is c1ccc(-c2cc(-c3cccc(-c4ccc5c(c4)sc4ccc6c(c7ccccc7n6-c6ccc7ncsc7c6)c45)c3)nc(-c3ccc(-n4c5ccccc5c5c6c(ccc54)sc4ccccc46)cc3)n2)cc1. The molecule has 340 valence electrons. The molecule has 0 aliphatic heterocycles. The Balaban J connectivity index is 0.792. The van der Waals surface area contributed by atoms with E-state index in [1.807, 2.05) is 34.3 Å². The van der Waals surface area contributed by atoms with Crippen molar-refractivity contribution >= 4 is 128 Å². The molecule has 16 rings (SSSR count). The highest BCUT2D eigenvalue weighted by molar-refractivity contribution is 7.26. The fraction of sp³-hybridized carbons (Fsp3) is 0. The minimum Gasteiger partial charge on any atom is -0.309 e. The van der Waals surface area contributed by atoms with Crippen molar-refractivity contribution in [2.75, 3.05) is 0 Å². The van der Waals surface area contributed by atoms with Gasteiger partial charge in [-0.1, -0.05) is 115 Å². The second kappa shape index (κ2) is 15.9. The van der Waals surface area contributed by atoms with Crippen LogP contribution in [0.2, 0.25) is 0 Å². The highest BCUT2D eigenvalue weighted by Gasteiger charge is 2.21. The van der Waals surface area contributed by atoms with Crippen molar-refractivity contribution in [1.29, 1.82) is 0 Å². The maximum atomic E-state index is 5.33. The van der Waals surface area contributed by atoms with Crippen LogP contribution in [0.25, 0.3) is 151 Å². The van der Waals surface area contributed by atoms with Gasteiger partial charge in [0.15, 0.2) is 5.82 Å². The van der Waals surface area contributed by atoms with Crippen molar-refractivity contribution in [3.05, 3.63) is 224 Å². The van der Waals surface area contributed by atoms with Crippen molar-refractivity contribution in [1.82, 2.24) is 24.1 Å². The molecule has 0 amide bonds. The molecular formula is C65H37N5S3. The summed E-state index contributed by atoms with van der Waals surface area (Å²) in [6.07, 6.45) is 0. The molecule has 16 aromatic rings. The van der Waals surface area contributed by atoms with Crippen LogP contribution < -0.4 is 0 Å². The van der Waals surface area contributed by atoms with E-state index in [0.29, 0.717) is 5.82 Å². The van der Waals surface area contributed by atoms with Crippen LogP contribution in [-0.4, -0.2) is 24.1 Å². The number of rotatable bonds is 6. The molecule has 0 unspecified atom stereocenters. The number of benzene rings is 10. The lowest BCUT2D eigenvalue weighted by Gasteiger charge is -2.12. The summed E-state index contributed by atoms with van der Waals surface area (Å²) < 4.78 is 11.2. The van der Waals surface area contributed by atoms with Gasteiger partial charge in [0.25, 0.3) is 0 Å². The molecule has 0 saturated carbocycles. The van der Waals surface area contributed by atoms with Crippen molar-refractivity contribution in [2.45, 2.75) is 0 Å². The first-order valence-electron chi connectivity index (χ1n) is 24.4. The molecular weight excluding hydrogens is 947 g/mol. The third-order valence-electron chi connectivity index (χ3n) is 14.7. The van der Waals surface area contributed by atoms with E-state index >= 15 is 0 Å². The average Bonchev–Trinajstić information content (AvgIpc) is 4.30. The molecule has 0 fully saturated rings. The Bertz CT molecular complexity index is 4920. The molecule has 5 nitrogen and oxygen atoms in total. The molecule has 6 heterocycles. The van der Waals surface area contributed by atoms with E-state index < -0.39 is 0 Å². The van der Waals surface area contributed by atoms with Crippen LogP contribution in [0, 0.1) is 0 Å². The average molecular weight is 984 g/mol. The van der Waals surface area contributed by atoms with E-state index in [0.717, 1.165) is 50.5 Å². The van der Waals surface area contributed by atoms with Gasteiger partial charge in [-0.3, -0.25) is 0 Å². The van der Waals surface area contributed by atoms with Gasteiger partial charge in [-0.05, 0) is 114 Å². The number of para-hydroxylation sites is 2. The van der Waals surface area contributed by atoms with Gasteiger partial charge in [-0.15, -0.1) is 34.0 Å². The number of hydrogen-bond acceptors (Lipinski definition) is 6. The predicted octanol–water partition coefficient (Wildman–Crippen LogP) is 18.7. The van der Waals surface area contributed by atoms with Gasteiger partial charge in [0, 0.05) is 90.0 Å². The van der Waals surface area contributed by atoms with Gasteiger partial charge < -0.3 is 9.13 Å². The van der Waals surface area contributed by atoms with Crippen LogP contribution in [0.4, 0.5) is 0 Å². The van der Waals surface area contributed by atoms with Crippen molar-refractivity contribution in [3.63, 3.8) is 0 Å². The molecule has 73 heavy (non-hydrogen) atoms. The van der Waals surface area contributed by atoms with E-state index in [-0.39, 0.29) is 0 Å². The number of fused-ring (bicyclic) bond motifs is 15. The molecule has 0 aliphatic rings. The first-order valence-corrected chi connectivity index (χ1v) is 26.9. The number of nitrogens with zero attached hydrogens (tertiary/aromatic N) is 5. The van der Waals surface area contributed by atoms with Crippen molar-refractivity contribution < 1.29 is 0 Å². The van der Waals surface area contributed by atoms with Crippen LogP contribution in [0.15, 0.2) is 224 Å². The first-order chi connectivity index (χ1) is 36.2. The molecule has 0 spiro atoms. The molecule has 8 heteroatoms. The Morgan fingerprint density at radius 2 is 0.890 bits per heavy atom. The Morgan fingerprint density at radius 1 is 0.315 bits per heavy atom. The topological polar surface area (TPSA) is 48.5 Å². The number of thiophene rings is 2. The lowest BCUT2D eigenvalue weighted by Crippen LogP contribution is -1.97. The van der Waals surface area contributed by atoms with Crippen LogP contribution in [0.5, 0.6) is 0 Å². The van der Waals surface area contributed by atoms with Gasteiger partial charge >= 0.3 is 0 Å². The zero-order valence-corrected chi connectivity index (χ0v) is 41.3. The molecule has 0 bridgehead atoms. The third-order valence-corrected chi connectivity index (χ3v) is 17.7. The summed E-state index contributed by atoms with van der Waals surface area (Å²) in [5, 5.41) is 10.3. The lowest BCUT2D eigenvalue weighted by molar-refractivity contribution is 1.16. The second-order valence-electron chi connectivity index (χ2n) is 18.7. The quantitative estimate of drug-likeness (QED) is 0.167. The van der Waals surface area contributed by atoms with Crippen LogP contribution in [0.1, 0.15) is 0 Å². The summed E-state index contributed by atoms with van der Waals surface area (Å²) in [5.74, 6) is 0.686. The summed E-state index contributed by atoms with van der Waals surface area (Å²) in [5.41, 5.74) is 17.1. The second-order valence-corrected chi connectivity index (χ2v) is 21.8. The third kappa shape index (κ3) is 6.28.